The van der Waals surface area contributed by atoms with Crippen LogP contribution in [0.4, 0.5) is 10.8 Å². The van der Waals surface area contributed by atoms with Crippen LogP contribution in [0.15, 0.2) is 17.5 Å². The fraction of sp³-hybridized carbons (Fsp3) is 0.500. The van der Waals surface area contributed by atoms with Gasteiger partial charge in [-0.3, -0.25) is 14.5 Å². The van der Waals surface area contributed by atoms with E-state index in [0.717, 1.165) is 43.5 Å². The highest BCUT2D eigenvalue weighted by Gasteiger charge is 2.27. The van der Waals surface area contributed by atoms with E-state index in [4.69, 9.17) is 10.7 Å². The van der Waals surface area contributed by atoms with Crippen LogP contribution < -0.4 is 16.0 Å². The van der Waals surface area contributed by atoms with Gasteiger partial charge in [-0.2, -0.15) is 0 Å². The smallest absolute Gasteiger partial charge is 0.251 e. The lowest BCUT2D eigenvalue weighted by molar-refractivity contribution is -0.120. The number of aryl methyl sites for hydroxylation is 1. The second-order valence-electron chi connectivity index (χ2n) is 7.60. The zero-order valence-electron chi connectivity index (χ0n) is 17.3. The number of amides is 2. The van der Waals surface area contributed by atoms with Gasteiger partial charge in [0.15, 0.2) is 0 Å². The molecule has 8 nitrogen and oxygen atoms in total. The number of hydrogen-bond donors (Lipinski definition) is 2. The Morgan fingerprint density at radius 3 is 2.48 bits per heavy atom. The number of rotatable bonds is 6. The van der Waals surface area contributed by atoms with Crippen molar-refractivity contribution >= 4 is 34.0 Å². The minimum absolute atomic E-state index is 0.136. The van der Waals surface area contributed by atoms with Crippen LogP contribution in [0.1, 0.15) is 48.6 Å². The first-order valence-corrected chi connectivity index (χ1v) is 10.7. The molecule has 29 heavy (non-hydrogen) atoms. The van der Waals surface area contributed by atoms with Crippen molar-refractivity contribution in [1.82, 2.24) is 14.9 Å². The van der Waals surface area contributed by atoms with Crippen LogP contribution in [-0.4, -0.2) is 58.9 Å². The van der Waals surface area contributed by atoms with Gasteiger partial charge in [-0.15, -0.1) is 11.3 Å². The highest BCUT2D eigenvalue weighted by Crippen LogP contribution is 2.24. The molecular weight excluding hydrogens is 388 g/mol. The fourth-order valence-corrected chi connectivity index (χ4v) is 4.11. The van der Waals surface area contributed by atoms with Crippen LogP contribution >= 0.6 is 11.3 Å². The van der Waals surface area contributed by atoms with E-state index >= 15 is 0 Å². The van der Waals surface area contributed by atoms with E-state index in [1.165, 1.54) is 11.3 Å². The van der Waals surface area contributed by atoms with Gasteiger partial charge in [0.05, 0.1) is 11.6 Å². The third-order valence-corrected chi connectivity index (χ3v) is 5.94. The molecule has 156 valence electrons. The molecule has 2 aromatic rings. The van der Waals surface area contributed by atoms with Gasteiger partial charge in [0.1, 0.15) is 16.6 Å². The molecular formula is C20H28N6O2S. The number of primary amides is 1. The number of aromatic nitrogens is 2. The Labute approximate surface area is 175 Å². The van der Waals surface area contributed by atoms with Gasteiger partial charge < -0.3 is 16.0 Å². The summed E-state index contributed by atoms with van der Waals surface area (Å²) in [5.41, 5.74) is 6.67. The Bertz CT molecular complexity index is 889. The topological polar surface area (TPSA) is 104 Å². The molecule has 0 bridgehead atoms. The van der Waals surface area contributed by atoms with Gasteiger partial charge in [-0.25, -0.2) is 9.97 Å². The van der Waals surface area contributed by atoms with Gasteiger partial charge in [-0.05, 0) is 25.3 Å². The molecule has 1 aliphatic rings. The SMILES string of the molecule is Cc1cc(N2CCN([C@@H](C)C(=O)Nc3sccc3C(N)=O)CC2)nc(C(C)C)n1. The van der Waals surface area contributed by atoms with Crippen LogP contribution in [0, 0.1) is 6.92 Å². The molecule has 3 N–H and O–H groups in total. The summed E-state index contributed by atoms with van der Waals surface area (Å²) in [4.78, 5) is 37.7. The van der Waals surface area contributed by atoms with E-state index in [2.05, 4.69) is 33.9 Å². The molecule has 0 radical (unpaired) electrons. The Hall–Kier alpha value is -2.52. The number of carbonyl (C=O) groups is 2. The second kappa shape index (κ2) is 8.87. The molecule has 1 aliphatic heterocycles. The number of nitrogens with zero attached hydrogens (tertiary/aromatic N) is 4. The number of carbonyl (C=O) groups excluding carboxylic acids is 2. The molecule has 2 amide bonds. The second-order valence-corrected chi connectivity index (χ2v) is 8.51. The van der Waals surface area contributed by atoms with Crippen LogP contribution in [0.2, 0.25) is 0 Å². The van der Waals surface area contributed by atoms with Crippen molar-refractivity contribution in [3.63, 3.8) is 0 Å². The largest absolute Gasteiger partial charge is 0.366 e. The zero-order valence-corrected chi connectivity index (χ0v) is 18.1. The van der Waals surface area contributed by atoms with Crippen molar-refractivity contribution in [2.24, 2.45) is 5.73 Å². The van der Waals surface area contributed by atoms with Crippen molar-refractivity contribution in [2.45, 2.75) is 39.7 Å². The fourth-order valence-electron chi connectivity index (χ4n) is 3.32. The molecule has 9 heteroatoms. The van der Waals surface area contributed by atoms with E-state index in [0.29, 0.717) is 10.6 Å². The average molecular weight is 417 g/mol. The standard InChI is InChI=1S/C20H28N6O2S/c1-12(2)18-22-13(3)11-16(23-18)26-8-6-25(7-9-26)14(4)19(28)24-20-15(17(21)27)5-10-29-20/h5,10-12,14H,6-9H2,1-4H3,(H2,21,27)(H,24,28)/t14-/m0/s1. The summed E-state index contributed by atoms with van der Waals surface area (Å²) in [6.45, 7) is 11.1. The molecule has 2 aromatic heterocycles. The Balaban J connectivity index is 1.61. The number of nitrogens with two attached hydrogens (primary N) is 1. The van der Waals surface area contributed by atoms with E-state index in [-0.39, 0.29) is 17.9 Å². The van der Waals surface area contributed by atoms with Crippen LogP contribution in [0.5, 0.6) is 0 Å². The lowest BCUT2D eigenvalue weighted by atomic mass is 10.2. The quantitative estimate of drug-likeness (QED) is 0.748. The normalized spacial score (nSPS) is 16.1. The molecule has 0 aromatic carbocycles. The number of hydrogen-bond acceptors (Lipinski definition) is 7. The zero-order chi connectivity index (χ0) is 21.1. The average Bonchev–Trinajstić information content (AvgIpc) is 3.15. The minimum Gasteiger partial charge on any atom is -0.366 e. The molecule has 1 saturated heterocycles. The maximum Gasteiger partial charge on any atom is 0.251 e. The molecule has 1 fully saturated rings. The number of thiophene rings is 1. The first-order valence-electron chi connectivity index (χ1n) is 9.79. The first kappa shape index (κ1) is 21.2. The Morgan fingerprint density at radius 1 is 1.17 bits per heavy atom. The summed E-state index contributed by atoms with van der Waals surface area (Å²) in [5.74, 6) is 1.41. The van der Waals surface area contributed by atoms with E-state index in [9.17, 15) is 9.59 Å². The van der Waals surface area contributed by atoms with Crippen LogP contribution in [-0.2, 0) is 4.79 Å². The maximum absolute atomic E-state index is 12.7. The van der Waals surface area contributed by atoms with Crippen molar-refractivity contribution in [3.05, 3.63) is 34.6 Å². The predicted molar refractivity (Wildman–Crippen MR) is 116 cm³/mol. The van der Waals surface area contributed by atoms with Gasteiger partial charge in [0.25, 0.3) is 5.91 Å². The monoisotopic (exact) mass is 416 g/mol. The third kappa shape index (κ3) is 4.91. The summed E-state index contributed by atoms with van der Waals surface area (Å²) in [7, 11) is 0. The van der Waals surface area contributed by atoms with Gasteiger partial charge in [0.2, 0.25) is 5.91 Å². The van der Waals surface area contributed by atoms with E-state index in [1.54, 1.807) is 11.4 Å². The van der Waals surface area contributed by atoms with E-state index < -0.39 is 5.91 Å². The third-order valence-electron chi connectivity index (χ3n) is 5.11. The number of piperazine rings is 1. The molecule has 3 rings (SSSR count). The Kier molecular flexibility index (Phi) is 6.49. The molecule has 1 atom stereocenters. The predicted octanol–water partition coefficient (Wildman–Crippen LogP) is 2.22. The summed E-state index contributed by atoms with van der Waals surface area (Å²) >= 11 is 1.30. The van der Waals surface area contributed by atoms with Gasteiger partial charge in [0, 0.05) is 43.9 Å². The summed E-state index contributed by atoms with van der Waals surface area (Å²) in [6, 6.07) is 3.33. The highest BCUT2D eigenvalue weighted by atomic mass is 32.1. The Morgan fingerprint density at radius 2 is 1.86 bits per heavy atom. The number of anilines is 2. The molecule has 3 heterocycles. The van der Waals surface area contributed by atoms with Crippen LogP contribution in [0.3, 0.4) is 0 Å². The highest BCUT2D eigenvalue weighted by molar-refractivity contribution is 7.14. The van der Waals surface area contributed by atoms with Crippen molar-refractivity contribution in [2.75, 3.05) is 36.4 Å². The summed E-state index contributed by atoms with van der Waals surface area (Å²) in [5, 5.41) is 5.09. The van der Waals surface area contributed by atoms with Gasteiger partial charge >= 0.3 is 0 Å². The number of nitrogens with one attached hydrogen (secondary N) is 1. The molecule has 0 saturated carbocycles. The summed E-state index contributed by atoms with van der Waals surface area (Å²) < 4.78 is 0. The van der Waals surface area contributed by atoms with Crippen LogP contribution in [0.25, 0.3) is 0 Å². The van der Waals surface area contributed by atoms with Crippen molar-refractivity contribution in [3.8, 4) is 0 Å². The van der Waals surface area contributed by atoms with Gasteiger partial charge in [-0.1, -0.05) is 13.8 Å². The lowest BCUT2D eigenvalue weighted by Gasteiger charge is -2.38. The molecule has 0 unspecified atom stereocenters. The summed E-state index contributed by atoms with van der Waals surface area (Å²) in [6.07, 6.45) is 0. The minimum atomic E-state index is -0.538. The van der Waals surface area contributed by atoms with Crippen molar-refractivity contribution in [1.29, 1.82) is 0 Å². The molecule has 0 aliphatic carbocycles. The van der Waals surface area contributed by atoms with Crippen molar-refractivity contribution < 1.29 is 9.59 Å². The maximum atomic E-state index is 12.7. The van der Waals surface area contributed by atoms with E-state index in [1.807, 2.05) is 19.9 Å². The first-order chi connectivity index (χ1) is 13.8. The molecule has 0 spiro atoms. The lowest BCUT2D eigenvalue weighted by Crippen LogP contribution is -2.53.